The molecule has 0 radical (unpaired) electrons. The Morgan fingerprint density at radius 2 is 2.21 bits per heavy atom. The highest BCUT2D eigenvalue weighted by atomic mass is 16.5. The number of Topliss-reactive ketones (excluding diaryl/α,β-unsaturated/α-hetero) is 1. The summed E-state index contributed by atoms with van der Waals surface area (Å²) in [7, 11) is 3.80. The molecular formula is C20H27NO3. The molecule has 2 aliphatic carbocycles. The lowest BCUT2D eigenvalue weighted by Crippen LogP contribution is -2.62. The van der Waals surface area contributed by atoms with Crippen molar-refractivity contribution in [2.24, 2.45) is 11.8 Å². The topological polar surface area (TPSA) is 49.8 Å². The predicted octanol–water partition coefficient (Wildman–Crippen LogP) is 2.90. The summed E-state index contributed by atoms with van der Waals surface area (Å²) in [6, 6.07) is 4.43. The second kappa shape index (κ2) is 5.48. The first-order valence-corrected chi connectivity index (χ1v) is 9.14. The molecule has 24 heavy (non-hydrogen) atoms. The number of piperidine rings is 1. The molecule has 1 aromatic carbocycles. The molecule has 1 aromatic rings. The lowest BCUT2D eigenvalue weighted by atomic mass is 9.50. The lowest BCUT2D eigenvalue weighted by molar-refractivity contribution is -0.133. The Hall–Kier alpha value is -1.55. The molecule has 0 spiro atoms. The highest BCUT2D eigenvalue weighted by Crippen LogP contribution is 2.59. The van der Waals surface area contributed by atoms with Crippen LogP contribution in [0.4, 0.5) is 0 Å². The number of hydrogen-bond donors (Lipinski definition) is 1. The van der Waals surface area contributed by atoms with Crippen LogP contribution < -0.4 is 4.74 Å². The molecule has 2 fully saturated rings. The summed E-state index contributed by atoms with van der Waals surface area (Å²) in [5.41, 5.74) is 2.01. The van der Waals surface area contributed by atoms with Gasteiger partial charge in [-0.2, -0.15) is 0 Å². The van der Waals surface area contributed by atoms with Gasteiger partial charge in [0.15, 0.2) is 11.5 Å². The van der Waals surface area contributed by atoms with E-state index in [0.29, 0.717) is 29.9 Å². The van der Waals surface area contributed by atoms with Crippen LogP contribution in [-0.4, -0.2) is 42.5 Å². The van der Waals surface area contributed by atoms with Crippen LogP contribution in [0.5, 0.6) is 11.5 Å². The summed E-state index contributed by atoms with van der Waals surface area (Å²) < 4.78 is 5.37. The van der Waals surface area contributed by atoms with Crippen LogP contribution in [-0.2, 0) is 16.6 Å². The van der Waals surface area contributed by atoms with E-state index < -0.39 is 0 Å². The molecule has 4 rings (SSSR count). The first kappa shape index (κ1) is 15.9. The number of likely N-dealkylation sites (tertiary alicyclic amines) is 1. The highest BCUT2D eigenvalue weighted by molar-refractivity contribution is 5.84. The number of aromatic hydroxyl groups is 1. The number of hydrogen-bond acceptors (Lipinski definition) is 4. The van der Waals surface area contributed by atoms with E-state index in [1.54, 1.807) is 7.11 Å². The molecule has 1 aliphatic heterocycles. The number of ketones is 1. The van der Waals surface area contributed by atoms with Gasteiger partial charge in [-0.3, -0.25) is 4.79 Å². The highest BCUT2D eigenvalue weighted by Gasteiger charge is 2.57. The fourth-order valence-electron chi connectivity index (χ4n) is 5.72. The maximum absolute atomic E-state index is 12.8. The van der Waals surface area contributed by atoms with Crippen LogP contribution >= 0.6 is 0 Å². The second-order valence-electron chi connectivity index (χ2n) is 7.90. The third-order valence-electron chi connectivity index (χ3n) is 7.00. The number of ether oxygens (including phenoxy) is 1. The number of carbonyl (C=O) groups excluding carboxylic acids is 1. The van der Waals surface area contributed by atoms with Crippen molar-refractivity contribution >= 4 is 5.78 Å². The van der Waals surface area contributed by atoms with E-state index in [4.69, 9.17) is 4.74 Å². The van der Waals surface area contributed by atoms with Crippen LogP contribution in [0, 0.1) is 11.8 Å². The van der Waals surface area contributed by atoms with E-state index in [2.05, 4.69) is 24.9 Å². The van der Waals surface area contributed by atoms with Crippen molar-refractivity contribution in [3.8, 4) is 11.5 Å². The number of carbonyl (C=O) groups is 1. The summed E-state index contributed by atoms with van der Waals surface area (Å²) in [6.07, 6.45) is 4.37. The monoisotopic (exact) mass is 329 g/mol. The van der Waals surface area contributed by atoms with Gasteiger partial charge in [0.2, 0.25) is 0 Å². The summed E-state index contributed by atoms with van der Waals surface area (Å²) in [5, 5.41) is 10.9. The van der Waals surface area contributed by atoms with E-state index in [-0.39, 0.29) is 17.1 Å². The van der Waals surface area contributed by atoms with Crippen LogP contribution in [0.2, 0.25) is 0 Å². The third kappa shape index (κ3) is 1.98. The van der Waals surface area contributed by atoms with Gasteiger partial charge in [0.25, 0.3) is 0 Å². The molecule has 4 heteroatoms. The average Bonchev–Trinajstić information content (AvgIpc) is 2.57. The van der Waals surface area contributed by atoms with Crippen molar-refractivity contribution in [3.05, 3.63) is 23.3 Å². The first-order chi connectivity index (χ1) is 11.5. The zero-order chi connectivity index (χ0) is 17.1. The first-order valence-electron chi connectivity index (χ1n) is 9.14. The van der Waals surface area contributed by atoms with Crippen molar-refractivity contribution in [2.45, 2.75) is 50.5 Å². The molecule has 1 heterocycles. The normalized spacial score (nSPS) is 35.3. The smallest absolute Gasteiger partial charge is 0.161 e. The fourth-order valence-corrected chi connectivity index (χ4v) is 5.72. The number of methoxy groups -OCH3 is 1. The molecule has 2 bridgehead atoms. The van der Waals surface area contributed by atoms with Crippen LogP contribution in [0.15, 0.2) is 12.1 Å². The van der Waals surface area contributed by atoms with E-state index >= 15 is 0 Å². The molecule has 130 valence electrons. The Kier molecular flexibility index (Phi) is 3.64. The van der Waals surface area contributed by atoms with Crippen molar-refractivity contribution in [2.75, 3.05) is 20.7 Å². The SMILES string of the molecule is CCC1C[C@H]2[C@H]3Cc4ccc(OC)c(O)c4[C@@]2(CCN3C)CC1=O. The zero-order valence-electron chi connectivity index (χ0n) is 14.8. The van der Waals surface area contributed by atoms with E-state index in [1.807, 2.05) is 6.07 Å². The molecule has 1 saturated carbocycles. The van der Waals surface area contributed by atoms with E-state index in [9.17, 15) is 9.90 Å². The summed E-state index contributed by atoms with van der Waals surface area (Å²) in [4.78, 5) is 15.3. The quantitative estimate of drug-likeness (QED) is 0.906. The van der Waals surface area contributed by atoms with Gasteiger partial charge >= 0.3 is 0 Å². The Morgan fingerprint density at radius 3 is 2.92 bits per heavy atom. The molecule has 1 unspecified atom stereocenters. The second-order valence-corrected chi connectivity index (χ2v) is 7.90. The van der Waals surface area contributed by atoms with Gasteiger partial charge in [-0.15, -0.1) is 0 Å². The van der Waals surface area contributed by atoms with Crippen LogP contribution in [0.1, 0.15) is 43.7 Å². The number of benzene rings is 1. The van der Waals surface area contributed by atoms with Gasteiger partial charge in [-0.05, 0) is 56.8 Å². The average molecular weight is 329 g/mol. The summed E-state index contributed by atoms with van der Waals surface area (Å²) in [6.45, 7) is 3.11. The number of phenolic OH excluding ortho intramolecular Hbond substituents is 1. The van der Waals surface area contributed by atoms with E-state index in [1.165, 1.54) is 5.56 Å². The van der Waals surface area contributed by atoms with Crippen molar-refractivity contribution < 1.29 is 14.6 Å². The van der Waals surface area contributed by atoms with Crippen molar-refractivity contribution in [3.63, 3.8) is 0 Å². The van der Waals surface area contributed by atoms with Crippen molar-refractivity contribution in [1.29, 1.82) is 0 Å². The minimum absolute atomic E-state index is 0.187. The Labute approximate surface area is 143 Å². The Balaban J connectivity index is 1.91. The number of nitrogens with zero attached hydrogens (tertiary/aromatic N) is 1. The number of fused-ring (bicyclic) bond motifs is 1. The fraction of sp³-hybridized carbons (Fsp3) is 0.650. The minimum atomic E-state index is -0.202. The van der Waals surface area contributed by atoms with Gasteiger partial charge in [-0.1, -0.05) is 13.0 Å². The van der Waals surface area contributed by atoms with Gasteiger partial charge in [-0.25, -0.2) is 0 Å². The molecule has 3 aliphatic rings. The Bertz CT molecular complexity index is 686. The minimum Gasteiger partial charge on any atom is -0.504 e. The molecule has 0 aromatic heterocycles. The number of likely N-dealkylation sites (N-methyl/N-ethyl adjacent to an activating group) is 1. The Morgan fingerprint density at radius 1 is 1.42 bits per heavy atom. The van der Waals surface area contributed by atoms with Gasteiger partial charge in [0.1, 0.15) is 5.78 Å². The summed E-state index contributed by atoms with van der Waals surface area (Å²) in [5.74, 6) is 1.82. The molecule has 1 saturated heterocycles. The lowest BCUT2D eigenvalue weighted by Gasteiger charge is -2.59. The number of rotatable bonds is 2. The summed E-state index contributed by atoms with van der Waals surface area (Å²) >= 11 is 0. The molecule has 4 atom stereocenters. The maximum atomic E-state index is 12.8. The van der Waals surface area contributed by atoms with Gasteiger partial charge in [0.05, 0.1) is 7.11 Å². The van der Waals surface area contributed by atoms with Crippen LogP contribution in [0.25, 0.3) is 0 Å². The number of phenols is 1. The molecule has 4 nitrogen and oxygen atoms in total. The molecular weight excluding hydrogens is 302 g/mol. The van der Waals surface area contributed by atoms with Gasteiger partial charge < -0.3 is 14.7 Å². The van der Waals surface area contributed by atoms with Gasteiger partial charge in [0, 0.05) is 29.4 Å². The standard InChI is InChI=1S/C20H27NO3/c1-4-12-9-14-15-10-13-5-6-17(24-3)19(23)18(13)20(14,11-16(12)22)7-8-21(15)2/h5-6,12,14-15,23H,4,7-11H2,1-3H3/t12?,14-,15+,20-/m0/s1. The zero-order valence-corrected chi connectivity index (χ0v) is 14.8. The van der Waals surface area contributed by atoms with Crippen LogP contribution in [0.3, 0.4) is 0 Å². The predicted molar refractivity (Wildman–Crippen MR) is 92.6 cm³/mol. The molecule has 1 N–H and O–H groups in total. The maximum Gasteiger partial charge on any atom is 0.161 e. The third-order valence-corrected chi connectivity index (χ3v) is 7.00. The van der Waals surface area contributed by atoms with E-state index in [0.717, 1.165) is 37.8 Å². The molecule has 0 amide bonds. The van der Waals surface area contributed by atoms with Crippen molar-refractivity contribution in [1.82, 2.24) is 4.90 Å². The largest absolute Gasteiger partial charge is 0.504 e.